The van der Waals surface area contributed by atoms with Crippen molar-refractivity contribution in [3.8, 4) is 0 Å². The van der Waals surface area contributed by atoms with Gasteiger partial charge in [-0.25, -0.2) is 4.39 Å². The van der Waals surface area contributed by atoms with Crippen LogP contribution >= 0.6 is 0 Å². The maximum absolute atomic E-state index is 13.8. The second-order valence-electron chi connectivity index (χ2n) is 6.19. The lowest BCUT2D eigenvalue weighted by molar-refractivity contribution is -0.134. The molecule has 0 amide bonds. The third-order valence-electron chi connectivity index (χ3n) is 4.86. The molecule has 2 atom stereocenters. The fraction of sp³-hybridized carbons (Fsp3) is 0.688. The number of aliphatic hydroxyl groups excluding tert-OH is 1. The first-order chi connectivity index (χ1) is 9.70. The van der Waals surface area contributed by atoms with Crippen molar-refractivity contribution in [3.63, 3.8) is 0 Å². The number of aromatic nitrogens is 1. The number of hydrogen-bond donors (Lipinski definition) is 1. The summed E-state index contributed by atoms with van der Waals surface area (Å²) in [5.41, 5.74) is 0.309. The number of pyridine rings is 1. The zero-order chi connectivity index (χ0) is 14.0. The third-order valence-corrected chi connectivity index (χ3v) is 4.86. The number of nitrogens with zero attached hydrogens (tertiary/aromatic N) is 1. The van der Waals surface area contributed by atoms with E-state index in [1.165, 1.54) is 31.7 Å². The van der Waals surface area contributed by atoms with E-state index in [1.54, 1.807) is 6.07 Å². The largest absolute Gasteiger partial charge is 0.388 e. The molecule has 20 heavy (non-hydrogen) atoms. The molecule has 2 fully saturated rings. The molecule has 1 aromatic heterocycles. The second-order valence-corrected chi connectivity index (χ2v) is 6.19. The summed E-state index contributed by atoms with van der Waals surface area (Å²) in [5.74, 6) is -0.331. The molecule has 0 aromatic carbocycles. The maximum Gasteiger partial charge on any atom is 0.147 e. The van der Waals surface area contributed by atoms with E-state index >= 15 is 0 Å². The quantitative estimate of drug-likeness (QED) is 0.902. The van der Waals surface area contributed by atoms with Crippen molar-refractivity contribution in [2.75, 3.05) is 6.61 Å². The van der Waals surface area contributed by atoms with Crippen molar-refractivity contribution < 1.29 is 14.2 Å². The van der Waals surface area contributed by atoms with Gasteiger partial charge >= 0.3 is 0 Å². The van der Waals surface area contributed by atoms with E-state index in [2.05, 4.69) is 4.98 Å². The summed E-state index contributed by atoms with van der Waals surface area (Å²) < 4.78 is 19.8. The molecule has 1 N–H and O–H groups in total. The highest BCUT2D eigenvalue weighted by molar-refractivity contribution is 5.17. The van der Waals surface area contributed by atoms with Crippen LogP contribution in [0.5, 0.6) is 0 Å². The van der Waals surface area contributed by atoms with Gasteiger partial charge < -0.3 is 9.84 Å². The highest BCUT2D eigenvalue weighted by Gasteiger charge is 2.41. The molecule has 0 radical (unpaired) electrons. The standard InChI is InChI=1S/C16H22FNO2/c17-14-11-18-8-4-13(14)15(19)12-5-9-20-16(10-12)6-2-1-3-7-16/h4,8,11-12,15,19H,1-3,5-7,9-10H2. The van der Waals surface area contributed by atoms with Gasteiger partial charge in [-0.1, -0.05) is 19.3 Å². The normalized spacial score (nSPS) is 27.4. The Kier molecular flexibility index (Phi) is 4.03. The number of hydrogen-bond acceptors (Lipinski definition) is 3. The molecule has 1 aliphatic carbocycles. The van der Waals surface area contributed by atoms with Gasteiger partial charge in [0.1, 0.15) is 5.82 Å². The predicted molar refractivity (Wildman–Crippen MR) is 73.6 cm³/mol. The monoisotopic (exact) mass is 279 g/mol. The smallest absolute Gasteiger partial charge is 0.147 e. The Morgan fingerprint density at radius 1 is 1.35 bits per heavy atom. The van der Waals surface area contributed by atoms with Crippen LogP contribution in [0.2, 0.25) is 0 Å². The molecule has 1 saturated heterocycles. The van der Waals surface area contributed by atoms with E-state index in [0.717, 1.165) is 25.7 Å². The van der Waals surface area contributed by atoms with Crippen LogP contribution in [0.3, 0.4) is 0 Å². The first-order valence-corrected chi connectivity index (χ1v) is 7.62. The zero-order valence-electron chi connectivity index (χ0n) is 11.7. The highest BCUT2D eigenvalue weighted by Crippen LogP contribution is 2.44. The molecule has 2 aliphatic rings. The molecule has 4 heteroatoms. The summed E-state index contributed by atoms with van der Waals surface area (Å²) in [7, 11) is 0. The predicted octanol–water partition coefficient (Wildman–Crippen LogP) is 3.38. The second kappa shape index (κ2) is 5.78. The van der Waals surface area contributed by atoms with Gasteiger partial charge in [0.05, 0.1) is 17.9 Å². The van der Waals surface area contributed by atoms with E-state index in [-0.39, 0.29) is 11.5 Å². The van der Waals surface area contributed by atoms with Gasteiger partial charge in [0, 0.05) is 18.4 Å². The summed E-state index contributed by atoms with van der Waals surface area (Å²) in [6.45, 7) is 0.675. The number of aliphatic hydroxyl groups is 1. The lowest BCUT2D eigenvalue weighted by atomic mass is 9.74. The lowest BCUT2D eigenvalue weighted by Crippen LogP contribution is -2.42. The van der Waals surface area contributed by atoms with Crippen LogP contribution in [-0.4, -0.2) is 22.3 Å². The fourth-order valence-electron chi connectivity index (χ4n) is 3.76. The summed E-state index contributed by atoms with van der Waals surface area (Å²) in [4.78, 5) is 3.74. The molecule has 3 nitrogen and oxygen atoms in total. The van der Waals surface area contributed by atoms with Crippen LogP contribution in [0.25, 0.3) is 0 Å². The van der Waals surface area contributed by atoms with Crippen molar-refractivity contribution in [2.24, 2.45) is 5.92 Å². The van der Waals surface area contributed by atoms with E-state index in [0.29, 0.717) is 12.2 Å². The first kappa shape index (κ1) is 14.0. The van der Waals surface area contributed by atoms with Gasteiger partial charge in [0.2, 0.25) is 0 Å². The SMILES string of the molecule is OC(c1ccncc1F)C1CCOC2(CCCCC2)C1. The molecule has 2 heterocycles. The summed E-state index contributed by atoms with van der Waals surface area (Å²) in [5, 5.41) is 10.5. The van der Waals surface area contributed by atoms with Crippen LogP contribution in [0.15, 0.2) is 18.5 Å². The van der Waals surface area contributed by atoms with Crippen molar-refractivity contribution in [1.29, 1.82) is 0 Å². The minimum Gasteiger partial charge on any atom is -0.388 e. The molecule has 1 saturated carbocycles. The molecule has 1 aromatic rings. The van der Waals surface area contributed by atoms with Crippen molar-refractivity contribution in [3.05, 3.63) is 29.8 Å². The first-order valence-electron chi connectivity index (χ1n) is 7.62. The topological polar surface area (TPSA) is 42.4 Å². The van der Waals surface area contributed by atoms with Gasteiger partial charge in [0.15, 0.2) is 0 Å². The zero-order valence-corrected chi connectivity index (χ0v) is 11.7. The average Bonchev–Trinajstić information content (AvgIpc) is 2.48. The van der Waals surface area contributed by atoms with Crippen LogP contribution in [0.1, 0.15) is 56.6 Å². The molecule has 110 valence electrons. The van der Waals surface area contributed by atoms with Gasteiger partial charge in [0.25, 0.3) is 0 Å². The number of halogens is 1. The molecule has 3 rings (SSSR count). The van der Waals surface area contributed by atoms with Crippen molar-refractivity contribution in [1.82, 2.24) is 4.98 Å². The molecular weight excluding hydrogens is 257 g/mol. The molecule has 2 unspecified atom stereocenters. The Balaban J connectivity index is 1.75. The summed E-state index contributed by atoms with van der Waals surface area (Å²) in [6, 6.07) is 1.59. The Morgan fingerprint density at radius 3 is 2.90 bits per heavy atom. The van der Waals surface area contributed by atoms with E-state index in [1.807, 2.05) is 0 Å². The molecule has 1 spiro atoms. The Bertz CT molecular complexity index is 454. The Labute approximate surface area is 119 Å². The van der Waals surface area contributed by atoms with E-state index in [4.69, 9.17) is 4.74 Å². The van der Waals surface area contributed by atoms with Gasteiger partial charge in [-0.3, -0.25) is 4.98 Å². The number of rotatable bonds is 2. The fourth-order valence-corrected chi connectivity index (χ4v) is 3.76. The van der Waals surface area contributed by atoms with Crippen molar-refractivity contribution >= 4 is 0 Å². The highest BCUT2D eigenvalue weighted by atomic mass is 19.1. The van der Waals surface area contributed by atoms with Gasteiger partial charge in [-0.05, 0) is 37.7 Å². The molecule has 0 bridgehead atoms. The van der Waals surface area contributed by atoms with Crippen LogP contribution < -0.4 is 0 Å². The van der Waals surface area contributed by atoms with Gasteiger partial charge in [-0.2, -0.15) is 0 Å². The van der Waals surface area contributed by atoms with E-state index < -0.39 is 11.9 Å². The molecular formula is C16H22FNO2. The Morgan fingerprint density at radius 2 is 2.15 bits per heavy atom. The lowest BCUT2D eigenvalue weighted by Gasteiger charge is -2.44. The Hall–Kier alpha value is -1.00. The molecule has 1 aliphatic heterocycles. The summed E-state index contributed by atoms with van der Waals surface area (Å²) >= 11 is 0. The van der Waals surface area contributed by atoms with Crippen LogP contribution in [-0.2, 0) is 4.74 Å². The average molecular weight is 279 g/mol. The minimum atomic E-state index is -0.749. The minimum absolute atomic E-state index is 0.0638. The van der Waals surface area contributed by atoms with Crippen LogP contribution in [0, 0.1) is 11.7 Å². The van der Waals surface area contributed by atoms with Crippen molar-refractivity contribution in [2.45, 2.75) is 56.7 Å². The van der Waals surface area contributed by atoms with E-state index in [9.17, 15) is 9.50 Å². The summed E-state index contributed by atoms with van der Waals surface area (Å²) in [6.07, 6.45) is 9.44. The van der Waals surface area contributed by atoms with Crippen LogP contribution in [0.4, 0.5) is 4.39 Å². The number of ether oxygens (including phenoxy) is 1. The third kappa shape index (κ3) is 2.72. The maximum atomic E-state index is 13.8. The van der Waals surface area contributed by atoms with Gasteiger partial charge in [-0.15, -0.1) is 0 Å².